The van der Waals surface area contributed by atoms with Gasteiger partial charge in [-0.25, -0.2) is 12.8 Å². The number of likely N-dealkylation sites (N-methyl/N-ethyl adjacent to an activating group) is 1. The van der Waals surface area contributed by atoms with E-state index in [0.717, 1.165) is 15.4 Å². The number of nitrogens with one attached hydrogen (secondary N) is 1. The van der Waals surface area contributed by atoms with Crippen LogP contribution in [0.15, 0.2) is 108 Å². The Morgan fingerprint density at radius 1 is 0.884 bits per heavy atom. The fourth-order valence-corrected chi connectivity index (χ4v) is 6.17. The van der Waals surface area contributed by atoms with Crippen molar-refractivity contribution in [2.24, 2.45) is 0 Å². The molecule has 43 heavy (non-hydrogen) atoms. The highest BCUT2D eigenvalue weighted by Gasteiger charge is 2.34. The fraction of sp³-hybridized carbons (Fsp3) is 0.212. The van der Waals surface area contributed by atoms with Gasteiger partial charge < -0.3 is 10.2 Å². The summed E-state index contributed by atoms with van der Waals surface area (Å²) in [6.45, 7) is 3.06. The Morgan fingerprint density at radius 2 is 1.51 bits per heavy atom. The van der Waals surface area contributed by atoms with E-state index in [1.165, 1.54) is 47.4 Å². The van der Waals surface area contributed by atoms with Crippen LogP contribution in [0.25, 0.3) is 0 Å². The Bertz CT molecular complexity index is 1650. The molecule has 0 saturated carbocycles. The van der Waals surface area contributed by atoms with Crippen molar-refractivity contribution in [3.8, 4) is 0 Å². The van der Waals surface area contributed by atoms with Gasteiger partial charge in [-0.1, -0.05) is 77.8 Å². The molecule has 224 valence electrons. The van der Waals surface area contributed by atoms with E-state index in [0.29, 0.717) is 11.6 Å². The fourth-order valence-electron chi connectivity index (χ4n) is 4.63. The molecule has 0 bridgehead atoms. The van der Waals surface area contributed by atoms with E-state index in [1.807, 2.05) is 37.3 Å². The predicted molar refractivity (Wildman–Crippen MR) is 167 cm³/mol. The van der Waals surface area contributed by atoms with Gasteiger partial charge in [0, 0.05) is 30.1 Å². The van der Waals surface area contributed by atoms with Gasteiger partial charge in [-0.05, 0) is 61.9 Å². The normalized spacial score (nSPS) is 11.9. The van der Waals surface area contributed by atoms with Crippen molar-refractivity contribution in [3.63, 3.8) is 0 Å². The summed E-state index contributed by atoms with van der Waals surface area (Å²) >= 11 is 6.01. The standard InChI is InChI=1S/C33H33ClFN3O4S/c1-3-36-33(40)31(21-25-9-5-4-6-10-25)37(22-26-11-7-8-12-30(26)35)32(39)23-38(28-17-13-24(2)14-18-28)43(41,42)29-19-15-27(34)16-20-29/h4-20,31H,3,21-23H2,1-2H3,(H,36,40). The van der Waals surface area contributed by atoms with Gasteiger partial charge in [0.15, 0.2) is 0 Å². The molecule has 0 radical (unpaired) electrons. The van der Waals surface area contributed by atoms with Crippen LogP contribution in [-0.2, 0) is 32.6 Å². The summed E-state index contributed by atoms with van der Waals surface area (Å²) in [5.74, 6) is -1.65. The summed E-state index contributed by atoms with van der Waals surface area (Å²) in [5, 5.41) is 3.14. The van der Waals surface area contributed by atoms with Crippen molar-refractivity contribution in [2.75, 3.05) is 17.4 Å². The van der Waals surface area contributed by atoms with Crippen LogP contribution in [0.2, 0.25) is 5.02 Å². The highest BCUT2D eigenvalue weighted by Crippen LogP contribution is 2.26. The lowest BCUT2D eigenvalue weighted by Gasteiger charge is -2.34. The van der Waals surface area contributed by atoms with Crippen molar-refractivity contribution in [1.82, 2.24) is 10.2 Å². The van der Waals surface area contributed by atoms with E-state index >= 15 is 0 Å². The summed E-state index contributed by atoms with van der Waals surface area (Å²) in [4.78, 5) is 28.9. The third-order valence-electron chi connectivity index (χ3n) is 6.92. The number of anilines is 1. The number of rotatable bonds is 12. The second-order valence-electron chi connectivity index (χ2n) is 10.0. The van der Waals surface area contributed by atoms with Gasteiger partial charge in [-0.15, -0.1) is 0 Å². The molecule has 10 heteroatoms. The third kappa shape index (κ3) is 8.00. The smallest absolute Gasteiger partial charge is 0.264 e. The van der Waals surface area contributed by atoms with Crippen molar-refractivity contribution >= 4 is 39.1 Å². The van der Waals surface area contributed by atoms with Crippen molar-refractivity contribution in [1.29, 1.82) is 0 Å². The van der Waals surface area contributed by atoms with Crippen LogP contribution in [0.3, 0.4) is 0 Å². The van der Waals surface area contributed by atoms with Gasteiger partial charge in [-0.3, -0.25) is 13.9 Å². The quantitative estimate of drug-likeness (QED) is 0.218. The van der Waals surface area contributed by atoms with Gasteiger partial charge in [0.1, 0.15) is 18.4 Å². The van der Waals surface area contributed by atoms with Crippen molar-refractivity contribution in [3.05, 3.63) is 131 Å². The average Bonchev–Trinajstić information content (AvgIpc) is 3.00. The monoisotopic (exact) mass is 621 g/mol. The highest BCUT2D eigenvalue weighted by atomic mass is 35.5. The van der Waals surface area contributed by atoms with Crippen molar-refractivity contribution in [2.45, 2.75) is 37.8 Å². The Morgan fingerprint density at radius 3 is 2.14 bits per heavy atom. The molecule has 4 aromatic carbocycles. The molecule has 4 aromatic rings. The number of halogens is 2. The molecule has 1 unspecified atom stereocenters. The minimum atomic E-state index is -4.26. The summed E-state index contributed by atoms with van der Waals surface area (Å²) in [6, 6.07) is 26.5. The number of carbonyl (C=O) groups is 2. The van der Waals surface area contributed by atoms with E-state index in [2.05, 4.69) is 5.32 Å². The van der Waals surface area contributed by atoms with Gasteiger partial charge in [0.05, 0.1) is 10.6 Å². The summed E-state index contributed by atoms with van der Waals surface area (Å²) in [5.41, 5.74) is 2.14. The van der Waals surface area contributed by atoms with Crippen LogP contribution in [0.1, 0.15) is 23.6 Å². The lowest BCUT2D eigenvalue weighted by molar-refractivity contribution is -0.140. The Balaban J connectivity index is 1.80. The van der Waals surface area contributed by atoms with Gasteiger partial charge in [0.25, 0.3) is 10.0 Å². The third-order valence-corrected chi connectivity index (χ3v) is 8.96. The SMILES string of the molecule is CCNC(=O)C(Cc1ccccc1)N(Cc1ccccc1F)C(=O)CN(c1ccc(C)cc1)S(=O)(=O)c1ccc(Cl)cc1. The average molecular weight is 622 g/mol. The topological polar surface area (TPSA) is 86.8 Å². The lowest BCUT2D eigenvalue weighted by Crippen LogP contribution is -2.53. The number of amides is 2. The van der Waals surface area contributed by atoms with Crippen LogP contribution in [0.5, 0.6) is 0 Å². The van der Waals surface area contributed by atoms with Gasteiger partial charge in [0.2, 0.25) is 11.8 Å². The minimum Gasteiger partial charge on any atom is -0.355 e. The zero-order chi connectivity index (χ0) is 31.0. The molecule has 0 spiro atoms. The first-order chi connectivity index (χ1) is 20.6. The maximum atomic E-state index is 14.9. The summed E-state index contributed by atoms with van der Waals surface area (Å²) < 4.78 is 43.8. The molecular formula is C33H33ClFN3O4S. The first-order valence-corrected chi connectivity index (χ1v) is 15.6. The first-order valence-electron chi connectivity index (χ1n) is 13.8. The second-order valence-corrected chi connectivity index (χ2v) is 12.3. The molecule has 0 saturated heterocycles. The molecule has 2 amide bonds. The van der Waals surface area contributed by atoms with E-state index in [9.17, 15) is 22.4 Å². The Kier molecular flexibility index (Phi) is 10.6. The second kappa shape index (κ2) is 14.3. The molecule has 0 aliphatic rings. The number of carbonyl (C=O) groups excluding carboxylic acids is 2. The number of sulfonamides is 1. The molecule has 4 rings (SSSR count). The number of nitrogens with zero attached hydrogens (tertiary/aromatic N) is 2. The van der Waals surface area contributed by atoms with E-state index in [-0.39, 0.29) is 29.1 Å². The Hall–Kier alpha value is -4.21. The molecular weight excluding hydrogens is 589 g/mol. The van der Waals surface area contributed by atoms with Gasteiger partial charge in [-0.2, -0.15) is 0 Å². The maximum absolute atomic E-state index is 14.9. The molecule has 0 fully saturated rings. The largest absolute Gasteiger partial charge is 0.355 e. The number of hydrogen-bond donors (Lipinski definition) is 1. The molecule has 0 aromatic heterocycles. The first kappa shape index (κ1) is 31.7. The van der Waals surface area contributed by atoms with Crippen molar-refractivity contribution < 1.29 is 22.4 Å². The minimum absolute atomic E-state index is 0.0597. The molecule has 0 heterocycles. The van der Waals surface area contributed by atoms with Crippen LogP contribution >= 0.6 is 11.6 Å². The molecule has 7 nitrogen and oxygen atoms in total. The number of aryl methyl sites for hydroxylation is 1. The van der Waals surface area contributed by atoms with Crippen LogP contribution in [0.4, 0.5) is 10.1 Å². The van der Waals surface area contributed by atoms with Gasteiger partial charge >= 0.3 is 0 Å². The highest BCUT2D eigenvalue weighted by molar-refractivity contribution is 7.92. The summed E-state index contributed by atoms with van der Waals surface area (Å²) in [7, 11) is -4.26. The summed E-state index contributed by atoms with van der Waals surface area (Å²) in [6.07, 6.45) is 0.140. The number of hydrogen-bond acceptors (Lipinski definition) is 4. The maximum Gasteiger partial charge on any atom is 0.264 e. The van der Waals surface area contributed by atoms with Crippen LogP contribution < -0.4 is 9.62 Å². The molecule has 0 aliphatic heterocycles. The van der Waals surface area contributed by atoms with E-state index < -0.39 is 40.2 Å². The number of benzene rings is 4. The molecule has 0 aliphatic carbocycles. The Labute approximate surface area is 257 Å². The zero-order valence-corrected chi connectivity index (χ0v) is 25.5. The molecule has 1 atom stereocenters. The lowest BCUT2D eigenvalue weighted by atomic mass is 10.0. The zero-order valence-electron chi connectivity index (χ0n) is 23.9. The van der Waals surface area contributed by atoms with E-state index in [4.69, 9.17) is 11.6 Å². The van der Waals surface area contributed by atoms with E-state index in [1.54, 1.807) is 37.3 Å². The predicted octanol–water partition coefficient (Wildman–Crippen LogP) is 5.76. The molecule has 1 N–H and O–H groups in total. The van der Waals surface area contributed by atoms with Crippen LogP contribution in [-0.4, -0.2) is 44.3 Å². The van der Waals surface area contributed by atoms with Crippen LogP contribution in [0, 0.1) is 12.7 Å².